The number of hydrogen-bond acceptors (Lipinski definition) is 2. The van der Waals surface area contributed by atoms with Crippen LogP contribution in [0.2, 0.25) is 0 Å². The van der Waals surface area contributed by atoms with Crippen LogP contribution >= 0.6 is 24.8 Å². The Hall–Kier alpha value is -1.22. The first-order valence-electron chi connectivity index (χ1n) is 7.69. The molecular weight excluding hydrogens is 327 g/mol. The van der Waals surface area contributed by atoms with Gasteiger partial charge < -0.3 is 10.2 Å². The van der Waals surface area contributed by atoms with Crippen LogP contribution in [0.15, 0.2) is 54.6 Å². The van der Waals surface area contributed by atoms with Crippen molar-refractivity contribution < 1.29 is 0 Å². The number of nitrogens with zero attached hydrogens (tertiary/aromatic N) is 1. The summed E-state index contributed by atoms with van der Waals surface area (Å²) >= 11 is 0. The number of rotatable bonds is 7. The van der Waals surface area contributed by atoms with Gasteiger partial charge in [0.2, 0.25) is 0 Å². The van der Waals surface area contributed by atoms with Gasteiger partial charge in [0.05, 0.1) is 0 Å². The van der Waals surface area contributed by atoms with Crippen LogP contribution in [0.5, 0.6) is 0 Å². The van der Waals surface area contributed by atoms with Crippen LogP contribution in [-0.4, -0.2) is 20.1 Å². The molecule has 0 amide bonds. The lowest BCUT2D eigenvalue weighted by molar-refractivity contribution is 0.514. The van der Waals surface area contributed by atoms with Gasteiger partial charge in [-0.25, -0.2) is 0 Å². The Kier molecular flexibility index (Phi) is 10.7. The maximum absolute atomic E-state index is 3.60. The van der Waals surface area contributed by atoms with Crippen molar-refractivity contribution in [1.29, 1.82) is 0 Å². The van der Waals surface area contributed by atoms with E-state index < -0.39 is 0 Å². The van der Waals surface area contributed by atoms with E-state index in [9.17, 15) is 0 Å². The smallest absolute Gasteiger partial charge is 0.0361 e. The lowest BCUT2D eigenvalue weighted by Gasteiger charge is -2.15. The van der Waals surface area contributed by atoms with Crippen molar-refractivity contribution in [1.82, 2.24) is 5.32 Å². The molecule has 0 radical (unpaired) electrons. The predicted molar refractivity (Wildman–Crippen MR) is 106 cm³/mol. The summed E-state index contributed by atoms with van der Waals surface area (Å²) in [6, 6.07) is 20.0. The highest BCUT2D eigenvalue weighted by Crippen LogP contribution is 2.12. The Morgan fingerprint density at radius 1 is 0.870 bits per heavy atom. The molecule has 0 aromatic heterocycles. The first-order valence-corrected chi connectivity index (χ1v) is 7.69. The molecule has 0 heterocycles. The Morgan fingerprint density at radius 3 is 2.04 bits per heavy atom. The quantitative estimate of drug-likeness (QED) is 0.774. The largest absolute Gasteiger partial charge is 0.378 e. The lowest BCUT2D eigenvalue weighted by Crippen LogP contribution is -2.26. The van der Waals surface area contributed by atoms with E-state index in [1.807, 2.05) is 0 Å². The molecule has 2 aromatic rings. The van der Waals surface area contributed by atoms with Gasteiger partial charge in [0.1, 0.15) is 0 Å². The van der Waals surface area contributed by atoms with Crippen molar-refractivity contribution in [3.63, 3.8) is 0 Å². The van der Waals surface area contributed by atoms with Crippen LogP contribution in [0, 0.1) is 0 Å². The van der Waals surface area contributed by atoms with Crippen molar-refractivity contribution in [2.45, 2.75) is 32.4 Å². The Labute approximate surface area is 153 Å². The molecule has 128 valence electrons. The van der Waals surface area contributed by atoms with Crippen molar-refractivity contribution in [3.8, 4) is 0 Å². The van der Waals surface area contributed by atoms with E-state index >= 15 is 0 Å². The van der Waals surface area contributed by atoms with Gasteiger partial charge in [-0.2, -0.15) is 0 Å². The molecule has 2 nitrogen and oxygen atoms in total. The molecule has 0 bridgehead atoms. The molecule has 0 fully saturated rings. The van der Waals surface area contributed by atoms with Gasteiger partial charge >= 0.3 is 0 Å². The highest BCUT2D eigenvalue weighted by molar-refractivity contribution is 5.85. The summed E-state index contributed by atoms with van der Waals surface area (Å²) in [6.07, 6.45) is 2.30. The molecular formula is C19H28Cl2N2. The van der Waals surface area contributed by atoms with Gasteiger partial charge in [-0.3, -0.25) is 0 Å². The normalized spacial score (nSPS) is 11.1. The predicted octanol–water partition coefficient (Wildman–Crippen LogP) is 4.71. The van der Waals surface area contributed by atoms with Gasteiger partial charge in [0.25, 0.3) is 0 Å². The molecule has 0 aliphatic carbocycles. The molecule has 0 saturated heterocycles. The molecule has 2 rings (SSSR count). The maximum Gasteiger partial charge on any atom is 0.0361 e. The number of nitrogens with one attached hydrogen (secondary N) is 1. The van der Waals surface area contributed by atoms with Gasteiger partial charge in [-0.15, -0.1) is 24.8 Å². The molecule has 0 aliphatic heterocycles. The van der Waals surface area contributed by atoms with Crippen LogP contribution < -0.4 is 10.2 Å². The van der Waals surface area contributed by atoms with E-state index in [0.717, 1.165) is 13.0 Å². The third-order valence-corrected chi connectivity index (χ3v) is 3.82. The zero-order chi connectivity index (χ0) is 15.1. The first kappa shape index (κ1) is 21.8. The second-order valence-corrected chi connectivity index (χ2v) is 5.87. The number of aryl methyl sites for hydroxylation is 1. The summed E-state index contributed by atoms with van der Waals surface area (Å²) in [5.41, 5.74) is 4.00. The maximum atomic E-state index is 3.60. The summed E-state index contributed by atoms with van der Waals surface area (Å²) in [4.78, 5) is 2.12. The van der Waals surface area contributed by atoms with Gasteiger partial charge in [0, 0.05) is 32.4 Å². The minimum absolute atomic E-state index is 0. The molecule has 4 heteroatoms. The molecule has 1 unspecified atom stereocenters. The Bertz CT molecular complexity index is 527. The lowest BCUT2D eigenvalue weighted by atomic mass is 10.1. The molecule has 23 heavy (non-hydrogen) atoms. The summed E-state index contributed by atoms with van der Waals surface area (Å²) in [6.45, 7) is 3.20. The van der Waals surface area contributed by atoms with Crippen LogP contribution in [0.4, 0.5) is 5.69 Å². The minimum atomic E-state index is 0. The van der Waals surface area contributed by atoms with Gasteiger partial charge in [-0.05, 0) is 43.0 Å². The zero-order valence-corrected chi connectivity index (χ0v) is 15.8. The monoisotopic (exact) mass is 354 g/mol. The number of benzene rings is 2. The molecule has 1 N–H and O–H groups in total. The SMILES string of the molecule is CC(CCc1ccccc1)NCc1ccc(N(C)C)cc1.Cl.Cl. The van der Waals surface area contributed by atoms with Crippen molar-refractivity contribution in [2.24, 2.45) is 0 Å². The third-order valence-electron chi connectivity index (χ3n) is 3.82. The highest BCUT2D eigenvalue weighted by Gasteiger charge is 2.03. The zero-order valence-electron chi connectivity index (χ0n) is 14.2. The van der Waals surface area contributed by atoms with Crippen molar-refractivity contribution in [3.05, 3.63) is 65.7 Å². The first-order chi connectivity index (χ1) is 10.1. The number of anilines is 1. The summed E-state index contributed by atoms with van der Waals surface area (Å²) in [5.74, 6) is 0. The fourth-order valence-electron chi connectivity index (χ4n) is 2.33. The van der Waals surface area contributed by atoms with Crippen LogP contribution in [-0.2, 0) is 13.0 Å². The molecule has 1 atom stereocenters. The van der Waals surface area contributed by atoms with E-state index in [0.29, 0.717) is 6.04 Å². The van der Waals surface area contributed by atoms with Crippen LogP contribution in [0.1, 0.15) is 24.5 Å². The molecule has 0 spiro atoms. The minimum Gasteiger partial charge on any atom is -0.378 e. The molecule has 0 saturated carbocycles. The van der Waals surface area contributed by atoms with E-state index in [1.165, 1.54) is 23.2 Å². The summed E-state index contributed by atoms with van der Waals surface area (Å²) in [7, 11) is 4.14. The van der Waals surface area contributed by atoms with E-state index in [-0.39, 0.29) is 24.8 Å². The number of halogens is 2. The van der Waals surface area contributed by atoms with E-state index in [2.05, 4.69) is 85.8 Å². The average Bonchev–Trinajstić information content (AvgIpc) is 2.52. The van der Waals surface area contributed by atoms with Crippen molar-refractivity contribution in [2.75, 3.05) is 19.0 Å². The van der Waals surface area contributed by atoms with E-state index in [4.69, 9.17) is 0 Å². The second-order valence-electron chi connectivity index (χ2n) is 5.87. The summed E-state index contributed by atoms with van der Waals surface area (Å²) < 4.78 is 0. The van der Waals surface area contributed by atoms with Gasteiger partial charge in [0.15, 0.2) is 0 Å². The third kappa shape index (κ3) is 7.74. The van der Waals surface area contributed by atoms with Crippen molar-refractivity contribution >= 4 is 30.5 Å². The second kappa shape index (κ2) is 11.3. The van der Waals surface area contributed by atoms with Gasteiger partial charge in [-0.1, -0.05) is 42.5 Å². The average molecular weight is 355 g/mol. The fourth-order valence-corrected chi connectivity index (χ4v) is 2.33. The van der Waals surface area contributed by atoms with E-state index in [1.54, 1.807) is 0 Å². The number of hydrogen-bond donors (Lipinski definition) is 1. The Morgan fingerprint density at radius 2 is 1.48 bits per heavy atom. The Balaban J connectivity index is 0.00000242. The molecule has 2 aromatic carbocycles. The van der Waals surface area contributed by atoms with Crippen LogP contribution in [0.25, 0.3) is 0 Å². The standard InChI is InChI=1S/C19H26N2.2ClH/c1-16(9-10-17-7-5-4-6-8-17)20-15-18-11-13-19(14-12-18)21(2)3;;/h4-8,11-14,16,20H,9-10,15H2,1-3H3;2*1H. The fraction of sp³-hybridized carbons (Fsp3) is 0.368. The molecule has 0 aliphatic rings. The summed E-state index contributed by atoms with van der Waals surface area (Å²) in [5, 5.41) is 3.60. The topological polar surface area (TPSA) is 15.3 Å². The van der Waals surface area contributed by atoms with Crippen LogP contribution in [0.3, 0.4) is 0 Å². The highest BCUT2D eigenvalue weighted by atomic mass is 35.5.